The van der Waals surface area contributed by atoms with E-state index >= 15 is 0 Å². The van der Waals surface area contributed by atoms with Gasteiger partial charge < -0.3 is 10.4 Å². The molecule has 1 fully saturated rings. The Hall–Kier alpha value is -2.17. The molecular weight excluding hydrogens is 258 g/mol. The highest BCUT2D eigenvalue weighted by Gasteiger charge is 2.55. The van der Waals surface area contributed by atoms with Gasteiger partial charge in [0.25, 0.3) is 0 Å². The maximum atomic E-state index is 12.2. The summed E-state index contributed by atoms with van der Waals surface area (Å²) in [7, 11) is 0. The molecule has 5 nitrogen and oxygen atoms in total. The average molecular weight is 275 g/mol. The molecule has 1 saturated carbocycles. The second-order valence-electron chi connectivity index (χ2n) is 5.01. The second kappa shape index (κ2) is 5.45. The maximum Gasteiger partial charge on any atom is 0.330 e. The third-order valence-electron chi connectivity index (χ3n) is 3.69. The van der Waals surface area contributed by atoms with Crippen LogP contribution in [0.3, 0.4) is 0 Å². The Labute approximate surface area is 117 Å². The molecule has 0 bridgehead atoms. The van der Waals surface area contributed by atoms with Crippen LogP contribution < -0.4 is 5.32 Å². The molecular formula is C15H17NO4. The van der Waals surface area contributed by atoms with Crippen LogP contribution in [0.5, 0.6) is 0 Å². The fraction of sp³-hybridized carbons (Fsp3) is 0.400. The van der Waals surface area contributed by atoms with Gasteiger partial charge in [0.05, 0.1) is 0 Å². The topological polar surface area (TPSA) is 83.5 Å². The largest absolute Gasteiger partial charge is 0.479 e. The zero-order valence-electron chi connectivity index (χ0n) is 11.3. The molecule has 1 atom stereocenters. The Morgan fingerprint density at radius 3 is 2.30 bits per heavy atom. The zero-order chi connectivity index (χ0) is 14.8. The molecule has 0 unspecified atom stereocenters. The predicted molar refractivity (Wildman–Crippen MR) is 71.9 cm³/mol. The lowest BCUT2D eigenvalue weighted by Gasteiger charge is -2.19. The Morgan fingerprint density at radius 2 is 1.85 bits per heavy atom. The van der Waals surface area contributed by atoms with Crippen LogP contribution >= 0.6 is 0 Å². The van der Waals surface area contributed by atoms with Crippen LogP contribution in [-0.4, -0.2) is 22.8 Å². The van der Waals surface area contributed by atoms with Crippen LogP contribution in [0.1, 0.15) is 37.8 Å². The number of amides is 1. The minimum absolute atomic E-state index is 0.118. The van der Waals surface area contributed by atoms with Gasteiger partial charge in [-0.2, -0.15) is 0 Å². The van der Waals surface area contributed by atoms with E-state index in [-0.39, 0.29) is 12.2 Å². The minimum atomic E-state index is -1.13. The van der Waals surface area contributed by atoms with Crippen molar-refractivity contribution >= 4 is 17.7 Å². The molecule has 2 N–H and O–H groups in total. The summed E-state index contributed by atoms with van der Waals surface area (Å²) < 4.78 is 0. The van der Waals surface area contributed by atoms with E-state index < -0.39 is 23.3 Å². The number of rotatable bonds is 6. The smallest absolute Gasteiger partial charge is 0.330 e. The summed E-state index contributed by atoms with van der Waals surface area (Å²) in [6, 6.07) is 7.35. The SMILES string of the molecule is CCC(=O)C1(C(=O)N[C@@H](C(=O)O)c2ccccc2)CC1. The highest BCUT2D eigenvalue weighted by molar-refractivity contribution is 6.09. The normalized spacial score (nSPS) is 17.1. The summed E-state index contributed by atoms with van der Waals surface area (Å²) in [4.78, 5) is 35.4. The molecule has 0 aliphatic heterocycles. The van der Waals surface area contributed by atoms with Crippen LogP contribution in [0, 0.1) is 5.41 Å². The number of hydrogen-bond donors (Lipinski definition) is 2. The molecule has 5 heteroatoms. The lowest BCUT2D eigenvalue weighted by molar-refractivity contribution is -0.144. The van der Waals surface area contributed by atoms with Gasteiger partial charge in [0.1, 0.15) is 11.2 Å². The van der Waals surface area contributed by atoms with Crippen molar-refractivity contribution in [3.05, 3.63) is 35.9 Å². The molecule has 1 aromatic carbocycles. The van der Waals surface area contributed by atoms with Crippen molar-refractivity contribution in [2.45, 2.75) is 32.2 Å². The average Bonchev–Trinajstić information content (AvgIpc) is 3.26. The maximum absolute atomic E-state index is 12.2. The van der Waals surface area contributed by atoms with Gasteiger partial charge in [-0.05, 0) is 18.4 Å². The molecule has 2 rings (SSSR count). The molecule has 0 radical (unpaired) electrons. The number of Topliss-reactive ketones (excluding diaryl/α,β-unsaturated/α-hetero) is 1. The molecule has 1 amide bonds. The molecule has 0 heterocycles. The zero-order valence-corrected chi connectivity index (χ0v) is 11.3. The lowest BCUT2D eigenvalue weighted by atomic mass is 9.96. The van der Waals surface area contributed by atoms with Gasteiger partial charge in [-0.15, -0.1) is 0 Å². The van der Waals surface area contributed by atoms with E-state index in [4.69, 9.17) is 0 Å². The van der Waals surface area contributed by atoms with Gasteiger partial charge in [-0.3, -0.25) is 9.59 Å². The number of carboxylic acids is 1. The van der Waals surface area contributed by atoms with Crippen LogP contribution in [0.4, 0.5) is 0 Å². The van der Waals surface area contributed by atoms with Gasteiger partial charge in [-0.1, -0.05) is 37.3 Å². The molecule has 1 aromatic rings. The number of aliphatic carboxylic acids is 1. The Morgan fingerprint density at radius 1 is 1.25 bits per heavy atom. The quantitative estimate of drug-likeness (QED) is 0.774. The number of carbonyl (C=O) groups excluding carboxylic acids is 2. The van der Waals surface area contributed by atoms with Crippen molar-refractivity contribution < 1.29 is 19.5 Å². The van der Waals surface area contributed by atoms with E-state index in [1.165, 1.54) is 0 Å². The molecule has 0 saturated heterocycles. The lowest BCUT2D eigenvalue weighted by Crippen LogP contribution is -2.41. The first-order valence-electron chi connectivity index (χ1n) is 6.63. The summed E-state index contributed by atoms with van der Waals surface area (Å²) in [6.07, 6.45) is 1.30. The van der Waals surface area contributed by atoms with Crippen molar-refractivity contribution in [2.75, 3.05) is 0 Å². The van der Waals surface area contributed by atoms with Crippen LogP contribution in [0.25, 0.3) is 0 Å². The molecule has 1 aliphatic rings. The third-order valence-corrected chi connectivity index (χ3v) is 3.69. The molecule has 1 aliphatic carbocycles. The fourth-order valence-electron chi connectivity index (χ4n) is 2.30. The Bertz CT molecular complexity index is 534. The number of carbonyl (C=O) groups is 3. The minimum Gasteiger partial charge on any atom is -0.479 e. The van der Waals surface area contributed by atoms with E-state index in [2.05, 4.69) is 5.32 Å². The van der Waals surface area contributed by atoms with Crippen molar-refractivity contribution in [1.29, 1.82) is 0 Å². The Kier molecular flexibility index (Phi) is 3.88. The van der Waals surface area contributed by atoms with Crippen molar-refractivity contribution in [3.8, 4) is 0 Å². The van der Waals surface area contributed by atoms with Gasteiger partial charge in [0, 0.05) is 6.42 Å². The number of carboxylic acid groups (broad SMARTS) is 1. The first-order chi connectivity index (χ1) is 9.51. The molecule has 0 aromatic heterocycles. The molecule has 20 heavy (non-hydrogen) atoms. The van der Waals surface area contributed by atoms with E-state index in [0.717, 1.165) is 0 Å². The summed E-state index contributed by atoms with van der Waals surface area (Å²) in [5.74, 6) is -1.72. The van der Waals surface area contributed by atoms with Crippen molar-refractivity contribution in [1.82, 2.24) is 5.32 Å². The number of nitrogens with one attached hydrogen (secondary N) is 1. The predicted octanol–water partition coefficient (Wildman–Crippen LogP) is 1.69. The van der Waals surface area contributed by atoms with Gasteiger partial charge in [-0.25, -0.2) is 4.79 Å². The summed E-state index contributed by atoms with van der Waals surface area (Å²) in [6.45, 7) is 1.71. The fourth-order valence-corrected chi connectivity index (χ4v) is 2.30. The summed E-state index contributed by atoms with van der Waals surface area (Å²) >= 11 is 0. The monoisotopic (exact) mass is 275 g/mol. The van der Waals surface area contributed by atoms with Gasteiger partial charge in [0.2, 0.25) is 5.91 Å². The van der Waals surface area contributed by atoms with Gasteiger partial charge >= 0.3 is 5.97 Å². The summed E-state index contributed by atoms with van der Waals surface area (Å²) in [5.41, 5.74) is -0.495. The number of hydrogen-bond acceptors (Lipinski definition) is 3. The van der Waals surface area contributed by atoms with E-state index in [0.29, 0.717) is 18.4 Å². The van der Waals surface area contributed by atoms with Crippen molar-refractivity contribution in [3.63, 3.8) is 0 Å². The second-order valence-corrected chi connectivity index (χ2v) is 5.01. The van der Waals surface area contributed by atoms with Gasteiger partial charge in [0.15, 0.2) is 6.04 Å². The van der Waals surface area contributed by atoms with E-state index in [1.807, 2.05) is 0 Å². The standard InChI is InChI=1S/C15H17NO4/c1-2-11(17)15(8-9-15)14(20)16-12(13(18)19)10-6-4-3-5-7-10/h3-7,12H,2,8-9H2,1H3,(H,16,20)(H,18,19)/t12-/m1/s1. The number of benzene rings is 1. The van der Waals surface area contributed by atoms with Crippen molar-refractivity contribution in [2.24, 2.45) is 5.41 Å². The van der Waals surface area contributed by atoms with E-state index in [1.54, 1.807) is 37.3 Å². The highest BCUT2D eigenvalue weighted by Crippen LogP contribution is 2.47. The van der Waals surface area contributed by atoms with Crippen LogP contribution in [0.2, 0.25) is 0 Å². The first kappa shape index (κ1) is 14.2. The Balaban J connectivity index is 2.16. The number of ketones is 1. The molecule has 0 spiro atoms. The third kappa shape index (κ3) is 2.57. The first-order valence-corrected chi connectivity index (χ1v) is 6.63. The summed E-state index contributed by atoms with van der Waals surface area (Å²) in [5, 5.41) is 11.7. The van der Waals surface area contributed by atoms with Crippen LogP contribution in [-0.2, 0) is 14.4 Å². The highest BCUT2D eigenvalue weighted by atomic mass is 16.4. The van der Waals surface area contributed by atoms with Crippen LogP contribution in [0.15, 0.2) is 30.3 Å². The van der Waals surface area contributed by atoms with E-state index in [9.17, 15) is 19.5 Å². The molecule has 106 valence electrons.